The number of carbonyl (C=O) groups excluding carboxylic acids is 1. The summed E-state index contributed by atoms with van der Waals surface area (Å²) < 4.78 is 1.74. The highest BCUT2D eigenvalue weighted by Gasteiger charge is 2.26. The number of nitrogens with one attached hydrogen (secondary N) is 2. The van der Waals surface area contributed by atoms with Gasteiger partial charge in [0.25, 0.3) is 0 Å². The van der Waals surface area contributed by atoms with Crippen molar-refractivity contribution in [2.45, 2.75) is 39.3 Å². The second-order valence-electron chi connectivity index (χ2n) is 6.88. The monoisotopic (exact) mass is 352 g/mol. The van der Waals surface area contributed by atoms with Crippen LogP contribution in [0, 0.1) is 0 Å². The summed E-state index contributed by atoms with van der Waals surface area (Å²) in [5, 5.41) is 15.6. The third-order valence-corrected chi connectivity index (χ3v) is 5.28. The number of benzene rings is 1. The lowest BCUT2D eigenvalue weighted by atomic mass is 9.99. The van der Waals surface area contributed by atoms with Crippen LogP contribution in [0.1, 0.15) is 30.7 Å². The number of H-pyrrole nitrogens is 1. The number of hydrogen-bond donors (Lipinski definition) is 2. The summed E-state index contributed by atoms with van der Waals surface area (Å²) in [5.41, 5.74) is 4.39. The van der Waals surface area contributed by atoms with E-state index in [1.54, 1.807) is 4.68 Å². The quantitative estimate of drug-likeness (QED) is 0.755. The molecule has 2 aromatic heterocycles. The molecule has 0 fully saturated rings. The average Bonchev–Trinajstić information content (AvgIpc) is 3.22. The zero-order valence-corrected chi connectivity index (χ0v) is 15.4. The maximum Gasteiger partial charge on any atom is 0.242 e. The van der Waals surface area contributed by atoms with Gasteiger partial charge < -0.3 is 5.32 Å². The molecule has 0 spiro atoms. The normalized spacial score (nSPS) is 15.8. The fourth-order valence-corrected chi connectivity index (χ4v) is 3.70. The molecule has 7 heteroatoms. The number of nitrogens with zero attached hydrogens (tertiary/aromatic N) is 4. The fraction of sp³-hybridized carbons (Fsp3) is 0.421. The Kier molecular flexibility index (Phi) is 4.24. The van der Waals surface area contributed by atoms with Gasteiger partial charge in [0.2, 0.25) is 5.91 Å². The first kappa shape index (κ1) is 16.8. The van der Waals surface area contributed by atoms with E-state index in [0.29, 0.717) is 5.82 Å². The molecule has 0 saturated heterocycles. The van der Waals surface area contributed by atoms with E-state index in [9.17, 15) is 4.79 Å². The Morgan fingerprint density at radius 1 is 1.35 bits per heavy atom. The lowest BCUT2D eigenvalue weighted by molar-refractivity contribution is -0.121. The van der Waals surface area contributed by atoms with E-state index < -0.39 is 0 Å². The Morgan fingerprint density at radius 2 is 2.12 bits per heavy atom. The Bertz CT molecular complexity index is 956. The maximum absolute atomic E-state index is 12.8. The number of amides is 1. The molecule has 1 aliphatic heterocycles. The van der Waals surface area contributed by atoms with Crippen molar-refractivity contribution in [3.05, 3.63) is 41.1 Å². The van der Waals surface area contributed by atoms with E-state index in [0.717, 1.165) is 42.7 Å². The number of rotatable bonds is 4. The molecule has 1 unspecified atom stereocenters. The molecule has 0 aliphatic carbocycles. The summed E-state index contributed by atoms with van der Waals surface area (Å²) in [5.74, 6) is 0.611. The molecule has 136 valence electrons. The van der Waals surface area contributed by atoms with Gasteiger partial charge in [-0.3, -0.25) is 14.8 Å². The second kappa shape index (κ2) is 6.57. The number of fused-ring (bicyclic) bond motifs is 2. The van der Waals surface area contributed by atoms with E-state index >= 15 is 0 Å². The van der Waals surface area contributed by atoms with Crippen LogP contribution in [-0.2, 0) is 31.2 Å². The SMILES string of the molecule is CCc1nn(C)c2n[nH]c(NC(=O)C(C)N3CCc4ccccc4C3)c12. The number of carbonyl (C=O) groups is 1. The van der Waals surface area contributed by atoms with Crippen LogP contribution < -0.4 is 5.32 Å². The van der Waals surface area contributed by atoms with E-state index in [1.807, 2.05) is 20.9 Å². The summed E-state index contributed by atoms with van der Waals surface area (Å²) in [6, 6.07) is 8.24. The zero-order chi connectivity index (χ0) is 18.3. The predicted octanol–water partition coefficient (Wildman–Crippen LogP) is 2.24. The van der Waals surface area contributed by atoms with Gasteiger partial charge >= 0.3 is 0 Å². The topological polar surface area (TPSA) is 78.8 Å². The van der Waals surface area contributed by atoms with E-state index in [-0.39, 0.29) is 11.9 Å². The van der Waals surface area contributed by atoms with Gasteiger partial charge in [0.1, 0.15) is 5.82 Å². The molecule has 1 atom stereocenters. The second-order valence-corrected chi connectivity index (χ2v) is 6.88. The Labute approximate surface area is 152 Å². The molecule has 7 nitrogen and oxygen atoms in total. The van der Waals surface area contributed by atoms with Crippen molar-refractivity contribution in [1.82, 2.24) is 24.9 Å². The molecule has 2 N–H and O–H groups in total. The molecular formula is C19H24N6O. The van der Waals surface area contributed by atoms with Crippen molar-refractivity contribution in [1.29, 1.82) is 0 Å². The van der Waals surface area contributed by atoms with Crippen LogP contribution in [0.2, 0.25) is 0 Å². The van der Waals surface area contributed by atoms with Gasteiger partial charge in [-0.15, -0.1) is 0 Å². The van der Waals surface area contributed by atoms with Crippen LogP contribution >= 0.6 is 0 Å². The molecule has 0 bridgehead atoms. The largest absolute Gasteiger partial charge is 0.309 e. The summed E-state index contributed by atoms with van der Waals surface area (Å²) in [6.07, 6.45) is 1.77. The van der Waals surface area contributed by atoms with Crippen molar-refractivity contribution in [2.24, 2.45) is 7.05 Å². The number of hydrogen-bond acceptors (Lipinski definition) is 4. The summed E-state index contributed by atoms with van der Waals surface area (Å²) >= 11 is 0. The average molecular weight is 352 g/mol. The molecule has 1 aliphatic rings. The van der Waals surface area contributed by atoms with Gasteiger partial charge in [-0.2, -0.15) is 10.2 Å². The molecule has 3 aromatic rings. The zero-order valence-electron chi connectivity index (χ0n) is 15.4. The highest BCUT2D eigenvalue weighted by molar-refractivity contribution is 6.01. The van der Waals surface area contributed by atoms with Crippen molar-refractivity contribution in [3.8, 4) is 0 Å². The molecule has 26 heavy (non-hydrogen) atoms. The first-order valence-electron chi connectivity index (χ1n) is 9.10. The molecule has 1 amide bonds. The molecular weight excluding hydrogens is 328 g/mol. The highest BCUT2D eigenvalue weighted by Crippen LogP contribution is 2.25. The van der Waals surface area contributed by atoms with Crippen molar-refractivity contribution in [2.75, 3.05) is 11.9 Å². The van der Waals surface area contributed by atoms with E-state index in [2.05, 4.69) is 49.8 Å². The lowest BCUT2D eigenvalue weighted by Gasteiger charge is -2.32. The van der Waals surface area contributed by atoms with Crippen molar-refractivity contribution < 1.29 is 4.79 Å². The first-order valence-corrected chi connectivity index (χ1v) is 9.10. The number of aromatic nitrogens is 4. The van der Waals surface area contributed by atoms with Crippen LogP contribution in [0.5, 0.6) is 0 Å². The molecule has 0 radical (unpaired) electrons. The van der Waals surface area contributed by atoms with Crippen molar-refractivity contribution in [3.63, 3.8) is 0 Å². The summed E-state index contributed by atoms with van der Waals surface area (Å²) in [6.45, 7) is 5.70. The third-order valence-electron chi connectivity index (χ3n) is 5.28. The third kappa shape index (κ3) is 2.78. The summed E-state index contributed by atoms with van der Waals surface area (Å²) in [4.78, 5) is 15.1. The first-order chi connectivity index (χ1) is 12.6. The molecule has 4 rings (SSSR count). The van der Waals surface area contributed by atoms with Gasteiger partial charge in [-0.05, 0) is 30.9 Å². The van der Waals surface area contributed by atoms with Gasteiger partial charge in [0, 0.05) is 20.1 Å². The van der Waals surface area contributed by atoms with Crippen LogP contribution in [0.25, 0.3) is 11.0 Å². The van der Waals surface area contributed by atoms with Crippen LogP contribution in [0.3, 0.4) is 0 Å². The minimum atomic E-state index is -0.219. The highest BCUT2D eigenvalue weighted by atomic mass is 16.2. The smallest absolute Gasteiger partial charge is 0.242 e. The van der Waals surface area contributed by atoms with Crippen LogP contribution in [0.15, 0.2) is 24.3 Å². The lowest BCUT2D eigenvalue weighted by Crippen LogP contribution is -2.44. The number of anilines is 1. The molecule has 0 saturated carbocycles. The van der Waals surface area contributed by atoms with Crippen LogP contribution in [0.4, 0.5) is 5.82 Å². The van der Waals surface area contributed by atoms with Crippen LogP contribution in [-0.4, -0.2) is 43.4 Å². The summed E-state index contributed by atoms with van der Waals surface area (Å²) in [7, 11) is 1.86. The van der Waals surface area contributed by atoms with E-state index in [1.165, 1.54) is 11.1 Å². The van der Waals surface area contributed by atoms with Crippen molar-refractivity contribution >= 4 is 22.8 Å². The predicted molar refractivity (Wildman–Crippen MR) is 101 cm³/mol. The maximum atomic E-state index is 12.8. The number of aromatic amines is 1. The molecule has 1 aromatic carbocycles. The van der Waals surface area contributed by atoms with Gasteiger partial charge in [0.15, 0.2) is 5.65 Å². The van der Waals surface area contributed by atoms with E-state index in [4.69, 9.17) is 0 Å². The van der Waals surface area contributed by atoms with Gasteiger partial charge in [0.05, 0.1) is 17.1 Å². The standard InChI is InChI=1S/C19H24N6O/c1-4-15-16-17(21-22-18(16)24(3)23-15)20-19(26)12(2)25-10-9-13-7-5-6-8-14(13)11-25/h5-8,12H,4,9-11H2,1-3H3,(H2,20,21,22,26). The van der Waals surface area contributed by atoms with Gasteiger partial charge in [-0.25, -0.2) is 4.68 Å². The Hall–Kier alpha value is -2.67. The van der Waals surface area contributed by atoms with Gasteiger partial charge in [-0.1, -0.05) is 31.2 Å². The molecule has 3 heterocycles. The fourth-order valence-electron chi connectivity index (χ4n) is 3.70. The minimum absolute atomic E-state index is 0.0270. The Morgan fingerprint density at radius 3 is 2.88 bits per heavy atom. The Balaban J connectivity index is 1.52. The number of aryl methyl sites for hydroxylation is 2. The minimum Gasteiger partial charge on any atom is -0.309 e.